The molecule has 16 heavy (non-hydrogen) atoms. The van der Waals surface area contributed by atoms with Gasteiger partial charge >= 0.3 is 0 Å². The van der Waals surface area contributed by atoms with Crippen LogP contribution in [0.5, 0.6) is 0 Å². The zero-order chi connectivity index (χ0) is 11.4. The highest BCUT2D eigenvalue weighted by molar-refractivity contribution is 6.21. The van der Waals surface area contributed by atoms with Gasteiger partial charge in [0.15, 0.2) is 0 Å². The quantitative estimate of drug-likeness (QED) is 0.667. The number of alkyl halides is 1. The van der Waals surface area contributed by atoms with Crippen LogP contribution >= 0.6 is 11.6 Å². The predicted molar refractivity (Wildman–Crippen MR) is 69.9 cm³/mol. The van der Waals surface area contributed by atoms with Crippen LogP contribution in [0.1, 0.15) is 29.3 Å². The van der Waals surface area contributed by atoms with Crippen molar-refractivity contribution >= 4 is 11.6 Å². The summed E-state index contributed by atoms with van der Waals surface area (Å²) >= 11 is 6.49. The summed E-state index contributed by atoms with van der Waals surface area (Å²) in [6.45, 7) is 2.17. The van der Waals surface area contributed by atoms with Crippen molar-refractivity contribution in [2.24, 2.45) is 0 Å². The molecule has 0 amide bonds. The van der Waals surface area contributed by atoms with Crippen LogP contribution in [0.2, 0.25) is 0 Å². The first kappa shape index (κ1) is 11.2. The van der Waals surface area contributed by atoms with Gasteiger partial charge in [0.2, 0.25) is 0 Å². The summed E-state index contributed by atoms with van der Waals surface area (Å²) < 4.78 is 0. The van der Waals surface area contributed by atoms with Crippen molar-refractivity contribution < 1.29 is 0 Å². The first-order valence-corrected chi connectivity index (χ1v) is 5.96. The highest BCUT2D eigenvalue weighted by Crippen LogP contribution is 2.35. The lowest BCUT2D eigenvalue weighted by Crippen LogP contribution is -2.02. The van der Waals surface area contributed by atoms with Gasteiger partial charge in [-0.2, -0.15) is 0 Å². The van der Waals surface area contributed by atoms with E-state index in [1.54, 1.807) is 0 Å². The molecule has 0 saturated heterocycles. The van der Waals surface area contributed by atoms with E-state index in [4.69, 9.17) is 11.6 Å². The molecule has 0 aliphatic carbocycles. The lowest BCUT2D eigenvalue weighted by molar-refractivity contribution is 0.732. The largest absolute Gasteiger partial charge is 0.117 e. The van der Waals surface area contributed by atoms with E-state index in [1.807, 2.05) is 24.3 Å². The zero-order valence-electron chi connectivity index (χ0n) is 9.31. The van der Waals surface area contributed by atoms with Gasteiger partial charge in [0.25, 0.3) is 0 Å². The molecule has 0 aliphatic heterocycles. The molecule has 2 aromatic rings. The molecule has 2 aromatic carbocycles. The minimum atomic E-state index is 0.0311. The second-order valence-electron chi connectivity index (χ2n) is 4.01. The van der Waals surface area contributed by atoms with Crippen molar-refractivity contribution in [1.82, 2.24) is 0 Å². The molecule has 0 nitrogen and oxygen atoms in total. The fourth-order valence-electron chi connectivity index (χ4n) is 1.85. The Kier molecular flexibility index (Phi) is 3.63. The molecule has 0 saturated carbocycles. The maximum absolute atomic E-state index is 6.49. The van der Waals surface area contributed by atoms with E-state index in [0.29, 0.717) is 5.92 Å². The molecule has 2 rings (SSSR count). The van der Waals surface area contributed by atoms with Crippen LogP contribution in [-0.2, 0) is 0 Å². The number of hydrogen-bond acceptors (Lipinski definition) is 0. The van der Waals surface area contributed by atoms with Gasteiger partial charge in [-0.05, 0) is 11.1 Å². The lowest BCUT2D eigenvalue weighted by atomic mass is 9.93. The Morgan fingerprint density at radius 1 is 0.750 bits per heavy atom. The molecule has 0 unspecified atom stereocenters. The molecule has 0 N–H and O–H groups in total. The van der Waals surface area contributed by atoms with Gasteiger partial charge in [-0.15, -0.1) is 11.6 Å². The first-order chi connectivity index (χ1) is 7.79. The van der Waals surface area contributed by atoms with Crippen molar-refractivity contribution in [2.45, 2.75) is 18.2 Å². The molecule has 1 heteroatoms. The third-order valence-electron chi connectivity index (χ3n) is 2.88. The van der Waals surface area contributed by atoms with E-state index in [1.165, 1.54) is 11.1 Å². The average Bonchev–Trinajstić information content (AvgIpc) is 2.39. The monoisotopic (exact) mass is 230 g/mol. The van der Waals surface area contributed by atoms with Gasteiger partial charge in [0.1, 0.15) is 0 Å². The summed E-state index contributed by atoms with van der Waals surface area (Å²) in [5, 5.41) is 0.0311. The van der Waals surface area contributed by atoms with Gasteiger partial charge in [0.05, 0.1) is 5.38 Å². The summed E-state index contributed by atoms with van der Waals surface area (Å²) in [6.07, 6.45) is 0. The molecule has 0 spiro atoms. The first-order valence-electron chi connectivity index (χ1n) is 5.53. The number of hydrogen-bond donors (Lipinski definition) is 0. The summed E-state index contributed by atoms with van der Waals surface area (Å²) in [6, 6.07) is 20.6. The van der Waals surface area contributed by atoms with Gasteiger partial charge in [-0.3, -0.25) is 0 Å². The Morgan fingerprint density at radius 2 is 1.19 bits per heavy atom. The van der Waals surface area contributed by atoms with Crippen LogP contribution in [0.25, 0.3) is 0 Å². The molecule has 0 bridgehead atoms. The highest BCUT2D eigenvalue weighted by Gasteiger charge is 2.17. The van der Waals surface area contributed by atoms with Crippen molar-refractivity contribution in [2.75, 3.05) is 0 Å². The molecule has 82 valence electrons. The molecule has 0 aliphatic rings. The minimum Gasteiger partial charge on any atom is -0.117 e. The second-order valence-corrected chi connectivity index (χ2v) is 4.48. The minimum absolute atomic E-state index is 0.0311. The summed E-state index contributed by atoms with van der Waals surface area (Å²) in [5.41, 5.74) is 2.46. The molecule has 0 aromatic heterocycles. The Bertz CT molecular complexity index is 378. The standard InChI is InChI=1S/C15H15Cl/c1-12(13-8-4-2-5-9-13)15(16)14-10-6-3-7-11-14/h2-12,15H,1H3/t12-,15-/m0/s1. The maximum Gasteiger partial charge on any atom is 0.0651 e. The molecule has 0 radical (unpaired) electrons. The predicted octanol–water partition coefficient (Wildman–Crippen LogP) is 4.77. The van der Waals surface area contributed by atoms with Crippen molar-refractivity contribution in [3.63, 3.8) is 0 Å². The highest BCUT2D eigenvalue weighted by atomic mass is 35.5. The normalized spacial score (nSPS) is 14.4. The summed E-state index contributed by atoms with van der Waals surface area (Å²) in [5.74, 6) is 0.324. The Labute approximate surface area is 102 Å². The molecular weight excluding hydrogens is 216 g/mol. The fraction of sp³-hybridized carbons (Fsp3) is 0.200. The second kappa shape index (κ2) is 5.18. The van der Waals surface area contributed by atoms with Gasteiger partial charge in [-0.1, -0.05) is 67.6 Å². The maximum atomic E-state index is 6.49. The van der Waals surface area contributed by atoms with E-state index < -0.39 is 0 Å². The number of rotatable bonds is 3. The fourth-order valence-corrected chi connectivity index (χ4v) is 2.14. The van der Waals surface area contributed by atoms with Crippen LogP contribution < -0.4 is 0 Å². The van der Waals surface area contributed by atoms with Crippen LogP contribution in [0.3, 0.4) is 0 Å². The zero-order valence-corrected chi connectivity index (χ0v) is 10.1. The molecule has 0 heterocycles. The van der Waals surface area contributed by atoms with Gasteiger partial charge in [-0.25, -0.2) is 0 Å². The molecule has 2 atom stereocenters. The SMILES string of the molecule is C[C@@H](c1ccccc1)[C@H](Cl)c1ccccc1. The molecular formula is C15H15Cl. The Balaban J connectivity index is 2.20. The van der Waals surface area contributed by atoms with Gasteiger partial charge < -0.3 is 0 Å². The van der Waals surface area contributed by atoms with Crippen molar-refractivity contribution in [3.8, 4) is 0 Å². The van der Waals surface area contributed by atoms with Crippen molar-refractivity contribution in [1.29, 1.82) is 0 Å². The number of halogens is 1. The van der Waals surface area contributed by atoms with E-state index >= 15 is 0 Å². The summed E-state index contributed by atoms with van der Waals surface area (Å²) in [7, 11) is 0. The average molecular weight is 231 g/mol. The third-order valence-corrected chi connectivity index (χ3v) is 3.51. The smallest absolute Gasteiger partial charge is 0.0651 e. The Hall–Kier alpha value is -1.27. The van der Waals surface area contributed by atoms with E-state index in [9.17, 15) is 0 Å². The topological polar surface area (TPSA) is 0 Å². The lowest BCUT2D eigenvalue weighted by Gasteiger charge is -2.18. The Morgan fingerprint density at radius 3 is 1.69 bits per heavy atom. The van der Waals surface area contributed by atoms with E-state index in [2.05, 4.69) is 43.3 Å². The van der Waals surface area contributed by atoms with E-state index in [0.717, 1.165) is 0 Å². The van der Waals surface area contributed by atoms with Crippen LogP contribution in [0.15, 0.2) is 60.7 Å². The third kappa shape index (κ3) is 2.45. The van der Waals surface area contributed by atoms with E-state index in [-0.39, 0.29) is 5.38 Å². The van der Waals surface area contributed by atoms with Crippen LogP contribution in [0.4, 0.5) is 0 Å². The summed E-state index contributed by atoms with van der Waals surface area (Å²) in [4.78, 5) is 0. The van der Waals surface area contributed by atoms with Crippen LogP contribution in [0, 0.1) is 0 Å². The van der Waals surface area contributed by atoms with Crippen LogP contribution in [-0.4, -0.2) is 0 Å². The van der Waals surface area contributed by atoms with Crippen molar-refractivity contribution in [3.05, 3.63) is 71.8 Å². The molecule has 0 fully saturated rings. The van der Waals surface area contributed by atoms with Gasteiger partial charge in [0, 0.05) is 5.92 Å². The number of benzene rings is 2.